The number of imidazole rings is 1. The zero-order valence-electron chi connectivity index (χ0n) is 22.1. The van der Waals surface area contributed by atoms with Gasteiger partial charge < -0.3 is 19.2 Å². The van der Waals surface area contributed by atoms with Crippen LogP contribution in [0.15, 0.2) is 97.2 Å². The van der Waals surface area contributed by atoms with E-state index in [9.17, 15) is 9.59 Å². The molecule has 40 heavy (non-hydrogen) atoms. The molecule has 8 heteroatoms. The predicted molar refractivity (Wildman–Crippen MR) is 155 cm³/mol. The summed E-state index contributed by atoms with van der Waals surface area (Å²) in [6, 6.07) is 27.8. The summed E-state index contributed by atoms with van der Waals surface area (Å²) in [5.41, 5.74) is 5.67. The van der Waals surface area contributed by atoms with Crippen LogP contribution in [0.25, 0.3) is 16.8 Å². The second-order valence-electron chi connectivity index (χ2n) is 9.37. The van der Waals surface area contributed by atoms with Crippen molar-refractivity contribution in [2.75, 3.05) is 7.11 Å². The van der Waals surface area contributed by atoms with Gasteiger partial charge in [0.15, 0.2) is 0 Å². The molecular formula is C32H28ClN3O4. The first-order valence-corrected chi connectivity index (χ1v) is 13.2. The van der Waals surface area contributed by atoms with Crippen LogP contribution in [0.1, 0.15) is 27.3 Å². The normalized spacial score (nSPS) is 11.7. The van der Waals surface area contributed by atoms with Crippen LogP contribution < -0.4 is 10.1 Å². The van der Waals surface area contributed by atoms with Crippen LogP contribution in [-0.2, 0) is 22.6 Å². The quantitative estimate of drug-likeness (QED) is 0.224. The van der Waals surface area contributed by atoms with Gasteiger partial charge in [-0.25, -0.2) is 9.78 Å². The average Bonchev–Trinajstić information content (AvgIpc) is 3.43. The Morgan fingerprint density at radius 3 is 2.35 bits per heavy atom. The third kappa shape index (κ3) is 6.16. The highest BCUT2D eigenvalue weighted by Crippen LogP contribution is 2.26. The van der Waals surface area contributed by atoms with Crippen molar-refractivity contribution in [1.29, 1.82) is 0 Å². The molecule has 1 N–H and O–H groups in total. The Balaban J connectivity index is 1.29. The molecular weight excluding hydrogens is 526 g/mol. The number of aryl methyl sites for hydroxylation is 1. The fraction of sp³-hybridized carbons (Fsp3) is 0.156. The number of nitrogens with zero attached hydrogens (tertiary/aromatic N) is 2. The van der Waals surface area contributed by atoms with E-state index in [2.05, 4.69) is 10.3 Å². The molecule has 202 valence electrons. The SMILES string of the molecule is COC(=O)C(Cc1ccc(OCc2ccccc2)cc1)NC(=O)c1cn2c(C)c(-c3ccc(Cl)cc3)ccc2n1. The molecule has 3 aromatic carbocycles. The number of nitrogens with one attached hydrogen (secondary N) is 1. The first-order chi connectivity index (χ1) is 19.4. The van der Waals surface area contributed by atoms with E-state index in [-0.39, 0.29) is 12.1 Å². The Morgan fingerprint density at radius 1 is 0.925 bits per heavy atom. The van der Waals surface area contributed by atoms with Crippen molar-refractivity contribution in [3.63, 3.8) is 0 Å². The van der Waals surface area contributed by atoms with E-state index in [1.165, 1.54) is 7.11 Å². The number of esters is 1. The molecule has 0 saturated heterocycles. The third-order valence-corrected chi connectivity index (χ3v) is 6.93. The summed E-state index contributed by atoms with van der Waals surface area (Å²) in [6.45, 7) is 2.42. The Kier molecular flexibility index (Phi) is 8.12. The van der Waals surface area contributed by atoms with E-state index in [0.29, 0.717) is 23.0 Å². The number of fused-ring (bicyclic) bond motifs is 1. The van der Waals surface area contributed by atoms with Gasteiger partial charge in [-0.2, -0.15) is 0 Å². The van der Waals surface area contributed by atoms with Crippen LogP contribution in [0.3, 0.4) is 0 Å². The summed E-state index contributed by atoms with van der Waals surface area (Å²) in [4.78, 5) is 30.2. The van der Waals surface area contributed by atoms with Crippen LogP contribution in [0.4, 0.5) is 0 Å². The molecule has 0 saturated carbocycles. The van der Waals surface area contributed by atoms with Gasteiger partial charge >= 0.3 is 5.97 Å². The predicted octanol–water partition coefficient (Wildman–Crippen LogP) is 6.06. The number of ether oxygens (including phenoxy) is 2. The third-order valence-electron chi connectivity index (χ3n) is 6.67. The summed E-state index contributed by atoms with van der Waals surface area (Å²) < 4.78 is 12.7. The fourth-order valence-corrected chi connectivity index (χ4v) is 4.63. The first kappa shape index (κ1) is 27.0. The second-order valence-corrected chi connectivity index (χ2v) is 9.80. The average molecular weight is 554 g/mol. The van der Waals surface area contributed by atoms with Gasteiger partial charge in [0.05, 0.1) is 7.11 Å². The smallest absolute Gasteiger partial charge is 0.328 e. The monoisotopic (exact) mass is 553 g/mol. The largest absolute Gasteiger partial charge is 0.489 e. The van der Waals surface area contributed by atoms with E-state index >= 15 is 0 Å². The molecule has 1 atom stereocenters. The van der Waals surface area contributed by atoms with Crippen LogP contribution in [0.5, 0.6) is 5.75 Å². The minimum atomic E-state index is -0.885. The molecule has 1 unspecified atom stereocenters. The maximum absolute atomic E-state index is 13.2. The number of halogens is 1. The lowest BCUT2D eigenvalue weighted by Gasteiger charge is -2.16. The minimum absolute atomic E-state index is 0.204. The lowest BCUT2D eigenvalue weighted by atomic mass is 10.0. The van der Waals surface area contributed by atoms with Crippen molar-refractivity contribution in [2.45, 2.75) is 26.0 Å². The van der Waals surface area contributed by atoms with Gasteiger partial charge in [-0.05, 0) is 60.0 Å². The molecule has 7 nitrogen and oxygen atoms in total. The fourth-order valence-electron chi connectivity index (χ4n) is 4.50. The molecule has 1 amide bonds. The van der Waals surface area contributed by atoms with Gasteiger partial charge in [-0.1, -0.05) is 66.2 Å². The van der Waals surface area contributed by atoms with Gasteiger partial charge in [-0.15, -0.1) is 0 Å². The number of hydrogen-bond acceptors (Lipinski definition) is 5. The second kappa shape index (κ2) is 12.1. The lowest BCUT2D eigenvalue weighted by molar-refractivity contribution is -0.142. The number of pyridine rings is 1. The maximum atomic E-state index is 13.2. The van der Waals surface area contributed by atoms with Crippen molar-refractivity contribution in [2.24, 2.45) is 0 Å². The van der Waals surface area contributed by atoms with Crippen LogP contribution in [-0.4, -0.2) is 34.4 Å². The zero-order valence-corrected chi connectivity index (χ0v) is 22.9. The highest BCUT2D eigenvalue weighted by atomic mass is 35.5. The first-order valence-electron chi connectivity index (χ1n) is 12.8. The van der Waals surface area contributed by atoms with Gasteiger partial charge in [0.2, 0.25) is 0 Å². The number of carbonyl (C=O) groups is 2. The topological polar surface area (TPSA) is 81.9 Å². The van der Waals surface area contributed by atoms with Crippen molar-refractivity contribution in [3.05, 3.63) is 125 Å². The highest BCUT2D eigenvalue weighted by molar-refractivity contribution is 6.30. The van der Waals surface area contributed by atoms with E-state index < -0.39 is 17.9 Å². The van der Waals surface area contributed by atoms with Crippen LogP contribution in [0.2, 0.25) is 5.02 Å². The molecule has 0 aliphatic rings. The minimum Gasteiger partial charge on any atom is -0.489 e. The molecule has 0 spiro atoms. The van der Waals surface area contributed by atoms with E-state index in [0.717, 1.165) is 27.9 Å². The Labute approximate surface area is 237 Å². The van der Waals surface area contributed by atoms with Gasteiger partial charge in [0, 0.05) is 28.9 Å². The number of methoxy groups -OCH3 is 1. The number of hydrogen-bond donors (Lipinski definition) is 1. The van der Waals surface area contributed by atoms with Crippen molar-refractivity contribution in [3.8, 4) is 16.9 Å². The summed E-state index contributed by atoms with van der Waals surface area (Å²) in [5.74, 6) is -0.290. The highest BCUT2D eigenvalue weighted by Gasteiger charge is 2.24. The van der Waals surface area contributed by atoms with E-state index in [1.54, 1.807) is 6.20 Å². The van der Waals surface area contributed by atoms with Gasteiger partial charge in [0.25, 0.3) is 5.91 Å². The summed E-state index contributed by atoms with van der Waals surface area (Å²) in [7, 11) is 1.30. The zero-order chi connectivity index (χ0) is 28.1. The number of rotatable bonds is 9. The molecule has 0 aliphatic carbocycles. The summed E-state index contributed by atoms with van der Waals surface area (Å²) in [5, 5.41) is 3.45. The Bertz CT molecular complexity index is 1630. The number of amides is 1. The Hall–Kier alpha value is -4.62. The van der Waals surface area contributed by atoms with Crippen molar-refractivity contribution in [1.82, 2.24) is 14.7 Å². The number of carbonyl (C=O) groups excluding carboxylic acids is 2. The van der Waals surface area contributed by atoms with Crippen LogP contribution >= 0.6 is 11.6 Å². The lowest BCUT2D eigenvalue weighted by Crippen LogP contribution is -2.43. The summed E-state index contributed by atoms with van der Waals surface area (Å²) >= 11 is 6.04. The molecule has 2 heterocycles. The van der Waals surface area contributed by atoms with Crippen LogP contribution in [0, 0.1) is 6.92 Å². The molecule has 0 aliphatic heterocycles. The molecule has 5 aromatic rings. The van der Waals surface area contributed by atoms with Crippen molar-refractivity contribution >= 4 is 29.1 Å². The number of aromatic nitrogens is 2. The molecule has 5 rings (SSSR count). The molecule has 0 bridgehead atoms. The van der Waals surface area contributed by atoms with Gasteiger partial charge in [-0.3, -0.25) is 4.79 Å². The van der Waals surface area contributed by atoms with Crippen molar-refractivity contribution < 1.29 is 19.1 Å². The van der Waals surface area contributed by atoms with E-state index in [1.807, 2.05) is 102 Å². The molecule has 0 fully saturated rings. The maximum Gasteiger partial charge on any atom is 0.328 e. The summed E-state index contributed by atoms with van der Waals surface area (Å²) in [6.07, 6.45) is 1.93. The molecule has 2 aromatic heterocycles. The standard InChI is InChI=1S/C32H28ClN3O4/c1-21-27(24-10-12-25(33)13-11-24)16-17-30-34-29(19-36(21)30)31(37)35-28(32(38)39-2)18-22-8-14-26(15-9-22)40-20-23-6-4-3-5-7-23/h3-17,19,28H,18,20H2,1-2H3,(H,35,37). The molecule has 0 radical (unpaired) electrons. The number of benzene rings is 3. The Morgan fingerprint density at radius 2 is 1.65 bits per heavy atom. The van der Waals surface area contributed by atoms with Gasteiger partial charge in [0.1, 0.15) is 29.7 Å². The van der Waals surface area contributed by atoms with E-state index in [4.69, 9.17) is 21.1 Å².